The number of hydrogen-bond donors (Lipinski definition) is 0. The number of nitrogens with zero attached hydrogens (tertiary/aromatic N) is 3. The van der Waals surface area contributed by atoms with Crippen LogP contribution in [-0.4, -0.2) is 47.5 Å². The Bertz CT molecular complexity index is 523. The highest BCUT2D eigenvalue weighted by Gasteiger charge is 2.28. The molecule has 0 bridgehead atoms. The van der Waals surface area contributed by atoms with Gasteiger partial charge in [0.25, 0.3) is 0 Å². The molecule has 2 heterocycles. The van der Waals surface area contributed by atoms with E-state index < -0.39 is 0 Å². The van der Waals surface area contributed by atoms with Gasteiger partial charge in [-0.25, -0.2) is 4.79 Å². The summed E-state index contributed by atoms with van der Waals surface area (Å²) in [7, 11) is 1.91. The van der Waals surface area contributed by atoms with Gasteiger partial charge in [0.1, 0.15) is 17.5 Å². The van der Waals surface area contributed by atoms with Gasteiger partial charge in [0, 0.05) is 32.1 Å². The maximum absolute atomic E-state index is 12.2. The monoisotopic (exact) mass is 327 g/mol. The fourth-order valence-electron chi connectivity index (χ4n) is 2.10. The van der Waals surface area contributed by atoms with E-state index >= 15 is 0 Å². The maximum atomic E-state index is 12.2. The van der Waals surface area contributed by atoms with Gasteiger partial charge in [0.15, 0.2) is 0 Å². The topological polar surface area (TPSA) is 56.6 Å². The van der Waals surface area contributed by atoms with Crippen LogP contribution in [0.3, 0.4) is 0 Å². The Labute approximate surface area is 135 Å². The Kier molecular flexibility index (Phi) is 6.72. The van der Waals surface area contributed by atoms with Crippen molar-refractivity contribution in [3.63, 3.8) is 0 Å². The molecular formula is C15H25N3O3S. The van der Waals surface area contributed by atoms with Crippen molar-refractivity contribution < 1.29 is 9.47 Å². The summed E-state index contributed by atoms with van der Waals surface area (Å²) in [6, 6.07) is 1.85. The molecule has 0 unspecified atom stereocenters. The third kappa shape index (κ3) is 4.47. The molecule has 6 nitrogen and oxygen atoms in total. The minimum atomic E-state index is -0.268. The summed E-state index contributed by atoms with van der Waals surface area (Å²) < 4.78 is 13.0. The number of ether oxygens (including phenoxy) is 2. The molecule has 0 aliphatic carbocycles. The lowest BCUT2D eigenvalue weighted by Crippen LogP contribution is -2.30. The summed E-state index contributed by atoms with van der Waals surface area (Å²) >= 11 is 1.68. The molecule has 1 saturated heterocycles. The smallest absolute Gasteiger partial charge is 0.351 e. The molecule has 0 amide bonds. The second kappa shape index (κ2) is 8.55. The van der Waals surface area contributed by atoms with E-state index in [9.17, 15) is 4.79 Å². The highest BCUT2D eigenvalue weighted by Crippen LogP contribution is 2.31. The largest absolute Gasteiger partial charge is 0.378 e. The Morgan fingerprint density at radius 2 is 2.36 bits per heavy atom. The molecule has 7 heteroatoms. The van der Waals surface area contributed by atoms with Crippen molar-refractivity contribution in [2.45, 2.75) is 38.4 Å². The van der Waals surface area contributed by atoms with E-state index in [4.69, 9.17) is 9.47 Å². The van der Waals surface area contributed by atoms with E-state index in [1.54, 1.807) is 22.5 Å². The highest BCUT2D eigenvalue weighted by molar-refractivity contribution is 8.00. The zero-order valence-electron chi connectivity index (χ0n) is 13.5. The van der Waals surface area contributed by atoms with E-state index in [2.05, 4.69) is 11.9 Å². The standard InChI is InChI=1S/C15H25N3O3S/c1-4-6-9-20-10-14-21-13(11-22-14)18-8-7-12(16-15(18)19)17(3)5-2/h7-8,13-14H,4-6,9-11H2,1-3H3/t13-,14+/m0/s1. The van der Waals surface area contributed by atoms with Gasteiger partial charge in [-0.05, 0) is 19.4 Å². The maximum Gasteiger partial charge on any atom is 0.351 e. The van der Waals surface area contributed by atoms with Crippen LogP contribution < -0.4 is 10.6 Å². The van der Waals surface area contributed by atoms with Crippen LogP contribution in [0.25, 0.3) is 0 Å². The Balaban J connectivity index is 1.92. The SMILES string of the molecule is CCCCOC[C@@H]1O[C@H](n2ccc(N(C)CC)nc2=O)CS1. The van der Waals surface area contributed by atoms with Crippen molar-refractivity contribution in [1.82, 2.24) is 9.55 Å². The van der Waals surface area contributed by atoms with Crippen LogP contribution in [0.2, 0.25) is 0 Å². The minimum Gasteiger partial charge on any atom is -0.378 e. The van der Waals surface area contributed by atoms with Crippen molar-refractivity contribution in [3.05, 3.63) is 22.7 Å². The molecule has 0 aromatic carbocycles. The van der Waals surface area contributed by atoms with E-state index in [-0.39, 0.29) is 17.4 Å². The fraction of sp³-hybridized carbons (Fsp3) is 0.733. The predicted molar refractivity (Wildman–Crippen MR) is 89.5 cm³/mol. The van der Waals surface area contributed by atoms with Gasteiger partial charge in [0.05, 0.1) is 6.61 Å². The molecule has 1 aliphatic rings. The lowest BCUT2D eigenvalue weighted by Gasteiger charge is -2.18. The molecule has 22 heavy (non-hydrogen) atoms. The quantitative estimate of drug-likeness (QED) is 0.682. The zero-order valence-corrected chi connectivity index (χ0v) is 14.3. The van der Waals surface area contributed by atoms with Crippen LogP contribution in [0.5, 0.6) is 0 Å². The van der Waals surface area contributed by atoms with Gasteiger partial charge in [-0.3, -0.25) is 4.57 Å². The molecule has 1 aliphatic heterocycles. The molecule has 2 atom stereocenters. The van der Waals surface area contributed by atoms with Gasteiger partial charge < -0.3 is 14.4 Å². The number of unbranched alkanes of at least 4 members (excludes halogenated alkanes) is 1. The van der Waals surface area contributed by atoms with Crippen molar-refractivity contribution >= 4 is 17.6 Å². The predicted octanol–water partition coefficient (Wildman–Crippen LogP) is 2.10. The average Bonchev–Trinajstić information content (AvgIpc) is 2.99. The number of thioether (sulfide) groups is 1. The first-order valence-corrected chi connectivity index (χ1v) is 8.85. The normalized spacial score (nSPS) is 21.2. The van der Waals surface area contributed by atoms with Gasteiger partial charge in [-0.2, -0.15) is 4.98 Å². The summed E-state index contributed by atoms with van der Waals surface area (Å²) in [5, 5.41) is 0. The number of anilines is 1. The molecule has 0 spiro atoms. The average molecular weight is 327 g/mol. The molecule has 2 rings (SSSR count). The van der Waals surface area contributed by atoms with Gasteiger partial charge in [-0.1, -0.05) is 13.3 Å². The number of rotatable bonds is 8. The van der Waals surface area contributed by atoms with Crippen LogP contribution in [0.15, 0.2) is 17.1 Å². The highest BCUT2D eigenvalue weighted by atomic mass is 32.2. The van der Waals surface area contributed by atoms with Crippen molar-refractivity contribution in [3.8, 4) is 0 Å². The van der Waals surface area contributed by atoms with E-state index in [0.717, 1.165) is 31.7 Å². The van der Waals surface area contributed by atoms with Crippen LogP contribution in [0, 0.1) is 0 Å². The first-order valence-electron chi connectivity index (χ1n) is 7.80. The molecule has 1 aromatic heterocycles. The second-order valence-electron chi connectivity index (χ2n) is 5.27. The Morgan fingerprint density at radius 1 is 1.55 bits per heavy atom. The fourth-order valence-corrected chi connectivity index (χ4v) is 3.12. The van der Waals surface area contributed by atoms with Crippen LogP contribution >= 0.6 is 11.8 Å². The van der Waals surface area contributed by atoms with Gasteiger partial charge in [-0.15, -0.1) is 11.8 Å². The molecule has 1 aromatic rings. The van der Waals surface area contributed by atoms with Crippen molar-refractivity contribution in [2.24, 2.45) is 0 Å². The summed E-state index contributed by atoms with van der Waals surface area (Å²) in [6.07, 6.45) is 3.70. The summed E-state index contributed by atoms with van der Waals surface area (Å²) in [5.74, 6) is 1.43. The number of hydrogen-bond acceptors (Lipinski definition) is 6. The summed E-state index contributed by atoms with van der Waals surface area (Å²) in [6.45, 7) is 6.30. The van der Waals surface area contributed by atoms with Crippen molar-refractivity contribution in [1.29, 1.82) is 0 Å². The zero-order chi connectivity index (χ0) is 15.9. The van der Waals surface area contributed by atoms with Gasteiger partial charge >= 0.3 is 5.69 Å². The Hall–Kier alpha value is -1.05. The molecule has 0 N–H and O–H groups in total. The second-order valence-corrected chi connectivity index (χ2v) is 6.46. The van der Waals surface area contributed by atoms with E-state index in [1.807, 2.05) is 24.9 Å². The first kappa shape index (κ1) is 17.3. The van der Waals surface area contributed by atoms with Crippen LogP contribution in [-0.2, 0) is 9.47 Å². The minimum absolute atomic E-state index is 0.00764. The van der Waals surface area contributed by atoms with Crippen molar-refractivity contribution in [2.75, 3.05) is 37.5 Å². The third-order valence-corrected chi connectivity index (χ3v) is 4.72. The molecule has 1 fully saturated rings. The van der Waals surface area contributed by atoms with E-state index in [1.165, 1.54) is 0 Å². The first-order chi connectivity index (χ1) is 10.7. The third-order valence-electron chi connectivity index (χ3n) is 3.62. The lowest BCUT2D eigenvalue weighted by molar-refractivity contribution is -0.0250. The summed E-state index contributed by atoms with van der Waals surface area (Å²) in [5.41, 5.74) is -0.275. The van der Waals surface area contributed by atoms with Crippen LogP contribution in [0.4, 0.5) is 5.82 Å². The van der Waals surface area contributed by atoms with Crippen LogP contribution in [0.1, 0.15) is 32.9 Å². The lowest BCUT2D eigenvalue weighted by atomic mass is 10.4. The Morgan fingerprint density at radius 3 is 3.05 bits per heavy atom. The molecular weight excluding hydrogens is 302 g/mol. The number of aromatic nitrogens is 2. The molecule has 124 valence electrons. The summed E-state index contributed by atoms with van der Waals surface area (Å²) in [4.78, 5) is 18.2. The van der Waals surface area contributed by atoms with Gasteiger partial charge in [0.2, 0.25) is 0 Å². The molecule has 0 radical (unpaired) electrons. The van der Waals surface area contributed by atoms with E-state index in [0.29, 0.717) is 12.4 Å². The molecule has 0 saturated carbocycles.